The summed E-state index contributed by atoms with van der Waals surface area (Å²) < 4.78 is 41.5. The molecular weight excluding hydrogens is 413 g/mol. The van der Waals surface area contributed by atoms with E-state index in [1.807, 2.05) is 0 Å². The zero-order valence-electron chi connectivity index (χ0n) is 17.1. The van der Waals surface area contributed by atoms with Crippen LogP contribution in [0.5, 0.6) is 0 Å². The Bertz CT molecular complexity index is 1250. The number of aromatic amines is 1. The first-order valence-electron chi connectivity index (χ1n) is 9.64. The van der Waals surface area contributed by atoms with Crippen LogP contribution < -0.4 is 16.6 Å². The Morgan fingerprint density at radius 3 is 2.48 bits per heavy atom. The second-order valence-electron chi connectivity index (χ2n) is 7.69. The number of nitrogens with zero attached hydrogens (tertiary/aromatic N) is 2. The van der Waals surface area contributed by atoms with E-state index in [1.165, 1.54) is 13.0 Å². The number of hydrogen-bond acceptors (Lipinski definition) is 4. The van der Waals surface area contributed by atoms with Crippen molar-refractivity contribution < 1.29 is 18.0 Å². The standard InChI is InChI=1S/C21H21F3N4O3/c1-10(2)6-17(19(29)26-11(3)18-15(24)8-13(23)9-25-18)28-20(30)14-7-12(22)4-5-16(14)27-21(28)31/h4-5,7-11,17H,6H2,1-3H3,(H,26,29)(H,27,31)/t11-,17+/m1/s1. The van der Waals surface area contributed by atoms with Crippen LogP contribution in [0.1, 0.15) is 45.0 Å². The Morgan fingerprint density at radius 2 is 1.84 bits per heavy atom. The molecule has 1 amide bonds. The molecule has 0 saturated heterocycles. The van der Waals surface area contributed by atoms with Crippen molar-refractivity contribution in [2.24, 2.45) is 5.92 Å². The normalized spacial score (nSPS) is 13.4. The number of nitrogens with one attached hydrogen (secondary N) is 2. The van der Waals surface area contributed by atoms with E-state index in [2.05, 4.69) is 15.3 Å². The molecule has 0 radical (unpaired) electrons. The molecule has 7 nitrogen and oxygen atoms in total. The number of pyridine rings is 1. The van der Waals surface area contributed by atoms with Crippen molar-refractivity contribution in [3.8, 4) is 0 Å². The predicted molar refractivity (Wildman–Crippen MR) is 108 cm³/mol. The fraction of sp³-hybridized carbons (Fsp3) is 0.333. The van der Waals surface area contributed by atoms with Gasteiger partial charge < -0.3 is 10.3 Å². The third kappa shape index (κ3) is 4.68. The molecule has 2 atom stereocenters. The van der Waals surface area contributed by atoms with Gasteiger partial charge in [0.25, 0.3) is 5.56 Å². The van der Waals surface area contributed by atoms with Gasteiger partial charge in [-0.15, -0.1) is 0 Å². The maximum absolute atomic E-state index is 14.0. The molecule has 0 unspecified atom stereocenters. The van der Waals surface area contributed by atoms with Gasteiger partial charge in [0.2, 0.25) is 5.91 Å². The molecule has 1 aromatic carbocycles. The molecule has 0 bridgehead atoms. The smallest absolute Gasteiger partial charge is 0.329 e. The lowest BCUT2D eigenvalue weighted by atomic mass is 10.0. The van der Waals surface area contributed by atoms with Gasteiger partial charge in [-0.2, -0.15) is 0 Å². The second kappa shape index (κ2) is 8.75. The number of hydrogen-bond donors (Lipinski definition) is 2. The quantitative estimate of drug-likeness (QED) is 0.623. The highest BCUT2D eigenvalue weighted by Crippen LogP contribution is 2.20. The van der Waals surface area contributed by atoms with Gasteiger partial charge in [0, 0.05) is 6.07 Å². The highest BCUT2D eigenvalue weighted by Gasteiger charge is 2.28. The summed E-state index contributed by atoms with van der Waals surface area (Å²) in [6, 6.07) is 1.79. The number of halogens is 3. The van der Waals surface area contributed by atoms with E-state index < -0.39 is 46.7 Å². The molecule has 3 rings (SSSR count). The number of carbonyl (C=O) groups excluding carboxylic acids is 1. The lowest BCUT2D eigenvalue weighted by Crippen LogP contribution is -2.45. The number of carbonyl (C=O) groups is 1. The van der Waals surface area contributed by atoms with Gasteiger partial charge in [-0.1, -0.05) is 13.8 Å². The minimum Gasteiger partial charge on any atom is -0.346 e. The zero-order valence-corrected chi connectivity index (χ0v) is 17.1. The van der Waals surface area contributed by atoms with Crippen molar-refractivity contribution in [1.82, 2.24) is 19.9 Å². The number of rotatable bonds is 6. The van der Waals surface area contributed by atoms with E-state index in [1.54, 1.807) is 13.8 Å². The summed E-state index contributed by atoms with van der Waals surface area (Å²) in [5.74, 6) is -3.29. The zero-order chi connectivity index (χ0) is 22.9. The van der Waals surface area contributed by atoms with Gasteiger partial charge in [-0.3, -0.25) is 14.6 Å². The lowest BCUT2D eigenvalue weighted by Gasteiger charge is -2.23. The fourth-order valence-electron chi connectivity index (χ4n) is 3.38. The highest BCUT2D eigenvalue weighted by atomic mass is 19.1. The van der Waals surface area contributed by atoms with Gasteiger partial charge in [0.1, 0.15) is 23.5 Å². The molecule has 164 valence electrons. The molecule has 0 saturated carbocycles. The van der Waals surface area contributed by atoms with E-state index in [4.69, 9.17) is 0 Å². The number of amides is 1. The van der Waals surface area contributed by atoms with E-state index in [0.29, 0.717) is 6.07 Å². The summed E-state index contributed by atoms with van der Waals surface area (Å²) in [6.45, 7) is 5.03. The van der Waals surface area contributed by atoms with Crippen LogP contribution in [-0.4, -0.2) is 20.4 Å². The van der Waals surface area contributed by atoms with Gasteiger partial charge in [-0.05, 0) is 37.5 Å². The minimum atomic E-state index is -1.24. The number of H-pyrrole nitrogens is 1. The SMILES string of the molecule is CC(C)C[C@@H](C(=O)N[C@H](C)c1ncc(F)cc1F)n1c(=O)[nH]c2ccc(F)cc2c1=O. The van der Waals surface area contributed by atoms with Crippen molar-refractivity contribution in [3.63, 3.8) is 0 Å². The van der Waals surface area contributed by atoms with E-state index in [-0.39, 0.29) is 28.9 Å². The minimum absolute atomic E-state index is 0.0829. The van der Waals surface area contributed by atoms with Crippen LogP contribution in [0, 0.1) is 23.4 Å². The van der Waals surface area contributed by atoms with Crippen molar-refractivity contribution in [2.75, 3.05) is 0 Å². The topological polar surface area (TPSA) is 96.8 Å². The summed E-state index contributed by atoms with van der Waals surface area (Å²) in [5.41, 5.74) is -1.70. The summed E-state index contributed by atoms with van der Waals surface area (Å²) in [5, 5.41) is 2.44. The summed E-state index contributed by atoms with van der Waals surface area (Å²) in [4.78, 5) is 44.8. The first kappa shape index (κ1) is 22.3. The van der Waals surface area contributed by atoms with E-state index in [9.17, 15) is 27.6 Å². The van der Waals surface area contributed by atoms with Crippen molar-refractivity contribution >= 4 is 16.8 Å². The number of fused-ring (bicyclic) bond motifs is 1. The largest absolute Gasteiger partial charge is 0.346 e. The van der Waals surface area contributed by atoms with Crippen LogP contribution in [0.25, 0.3) is 10.9 Å². The summed E-state index contributed by atoms with van der Waals surface area (Å²) in [6.07, 6.45) is 0.932. The highest BCUT2D eigenvalue weighted by molar-refractivity contribution is 5.82. The van der Waals surface area contributed by atoms with Gasteiger partial charge >= 0.3 is 5.69 Å². The van der Waals surface area contributed by atoms with Crippen LogP contribution >= 0.6 is 0 Å². The molecule has 3 aromatic rings. The Morgan fingerprint density at radius 1 is 1.13 bits per heavy atom. The van der Waals surface area contributed by atoms with Gasteiger partial charge in [-0.25, -0.2) is 22.5 Å². The molecule has 10 heteroatoms. The molecule has 2 aromatic heterocycles. The first-order valence-corrected chi connectivity index (χ1v) is 9.64. The van der Waals surface area contributed by atoms with Crippen molar-refractivity contribution in [2.45, 2.75) is 39.3 Å². The average molecular weight is 434 g/mol. The molecule has 2 N–H and O–H groups in total. The molecule has 0 aliphatic carbocycles. The molecule has 2 heterocycles. The number of benzene rings is 1. The molecule has 31 heavy (non-hydrogen) atoms. The van der Waals surface area contributed by atoms with Crippen LogP contribution in [0.3, 0.4) is 0 Å². The van der Waals surface area contributed by atoms with Gasteiger partial charge in [0.05, 0.1) is 28.8 Å². The predicted octanol–water partition coefficient (Wildman–Crippen LogP) is 2.97. The fourth-order valence-corrected chi connectivity index (χ4v) is 3.38. The summed E-state index contributed by atoms with van der Waals surface area (Å²) >= 11 is 0. The Hall–Kier alpha value is -3.43. The molecule has 0 fully saturated rings. The van der Waals surface area contributed by atoms with Crippen molar-refractivity contribution in [1.29, 1.82) is 0 Å². The van der Waals surface area contributed by atoms with Crippen LogP contribution in [0.4, 0.5) is 13.2 Å². The van der Waals surface area contributed by atoms with Crippen LogP contribution in [0.15, 0.2) is 40.1 Å². The maximum atomic E-state index is 14.0. The number of aromatic nitrogens is 3. The molecule has 0 aliphatic rings. The molecule has 0 spiro atoms. The van der Waals surface area contributed by atoms with E-state index in [0.717, 1.165) is 22.9 Å². The average Bonchev–Trinajstić information content (AvgIpc) is 2.67. The second-order valence-corrected chi connectivity index (χ2v) is 7.69. The monoisotopic (exact) mass is 434 g/mol. The van der Waals surface area contributed by atoms with Crippen LogP contribution in [0.2, 0.25) is 0 Å². The van der Waals surface area contributed by atoms with E-state index >= 15 is 0 Å². The third-order valence-electron chi connectivity index (χ3n) is 4.81. The first-order chi connectivity index (χ1) is 14.6. The van der Waals surface area contributed by atoms with Gasteiger partial charge in [0.15, 0.2) is 0 Å². The third-order valence-corrected chi connectivity index (χ3v) is 4.81. The molecule has 0 aliphatic heterocycles. The Labute approximate surface area is 174 Å². The van der Waals surface area contributed by atoms with Crippen LogP contribution in [-0.2, 0) is 4.79 Å². The lowest BCUT2D eigenvalue weighted by molar-refractivity contribution is -0.125. The van der Waals surface area contributed by atoms with Crippen molar-refractivity contribution in [3.05, 3.63) is 74.4 Å². The molecular formula is C21H21F3N4O3. The Balaban J connectivity index is 2.03. The maximum Gasteiger partial charge on any atom is 0.329 e. The summed E-state index contributed by atoms with van der Waals surface area (Å²) in [7, 11) is 0. The Kier molecular flexibility index (Phi) is 6.28.